The molecule has 0 unspecified atom stereocenters. The maximum atomic E-state index is 11.0. The molecule has 8 heteroatoms. The Morgan fingerprint density at radius 1 is 0.528 bits per heavy atom. The number of benzene rings is 4. The fourth-order valence-corrected chi connectivity index (χ4v) is 4.65. The summed E-state index contributed by atoms with van der Waals surface area (Å²) in [6, 6.07) is 25.8. The van der Waals surface area contributed by atoms with Crippen molar-refractivity contribution in [1.82, 2.24) is 0 Å². The van der Waals surface area contributed by atoms with E-state index in [1.54, 1.807) is 24.3 Å². The predicted octanol–water partition coefficient (Wildman–Crippen LogP) is 6.52. The van der Waals surface area contributed by atoms with E-state index in [4.69, 9.17) is 0 Å². The second-order valence-electron chi connectivity index (χ2n) is 8.77. The molecule has 0 saturated carbocycles. The number of nitro groups is 2. The minimum atomic E-state index is -0.386. The zero-order valence-electron chi connectivity index (χ0n) is 18.9. The minimum absolute atomic E-state index is 0.0813. The molecular weight excluding hydrogens is 456 g/mol. The van der Waals surface area contributed by atoms with Crippen molar-refractivity contribution in [2.75, 3.05) is 0 Å². The van der Waals surface area contributed by atoms with Crippen molar-refractivity contribution in [1.29, 1.82) is 0 Å². The number of nitrogens with zero attached hydrogens (tertiary/aromatic N) is 4. The van der Waals surface area contributed by atoms with Gasteiger partial charge in [0, 0.05) is 37.1 Å². The van der Waals surface area contributed by atoms with Crippen molar-refractivity contribution in [3.63, 3.8) is 0 Å². The molecule has 0 saturated heterocycles. The number of rotatable bonds is 5. The summed E-state index contributed by atoms with van der Waals surface area (Å²) in [5.41, 5.74) is 9.34. The van der Waals surface area contributed by atoms with Crippen molar-refractivity contribution >= 4 is 34.2 Å². The van der Waals surface area contributed by atoms with E-state index in [0.717, 1.165) is 56.2 Å². The number of fused-ring (bicyclic) bond motifs is 2. The highest BCUT2D eigenvalue weighted by atomic mass is 16.6. The highest BCUT2D eigenvalue weighted by molar-refractivity contribution is 6.07. The molecule has 2 aliphatic heterocycles. The summed E-state index contributed by atoms with van der Waals surface area (Å²) in [6.45, 7) is 0. The molecule has 8 nitrogen and oxygen atoms in total. The number of non-ortho nitro benzene ring substituents is 2. The molecule has 0 radical (unpaired) electrons. The second-order valence-corrected chi connectivity index (χ2v) is 8.77. The molecule has 0 aromatic heterocycles. The molecule has 36 heavy (non-hydrogen) atoms. The highest BCUT2D eigenvalue weighted by Gasteiger charge is 2.21. The van der Waals surface area contributed by atoms with E-state index in [0.29, 0.717) is 12.8 Å². The molecule has 0 N–H and O–H groups in total. The van der Waals surface area contributed by atoms with Crippen molar-refractivity contribution in [2.45, 2.75) is 12.8 Å². The first-order valence-corrected chi connectivity index (χ1v) is 11.4. The van der Waals surface area contributed by atoms with Crippen LogP contribution in [0.3, 0.4) is 0 Å². The van der Waals surface area contributed by atoms with Gasteiger partial charge in [0.1, 0.15) is 0 Å². The standard InChI is InChI=1S/C28H18N4O4/c33-31(34)23-9-11-25-21(13-23)15-27(29-25)19-5-1-17(2-6-19)18-3-7-20(8-4-18)28-16-22-14-24(32(35)36)10-12-26(22)30-28/h1-14H,15-16H2. The Bertz CT molecular complexity index is 1500. The van der Waals surface area contributed by atoms with Gasteiger partial charge in [0.15, 0.2) is 0 Å². The zero-order valence-corrected chi connectivity index (χ0v) is 18.9. The van der Waals surface area contributed by atoms with Gasteiger partial charge < -0.3 is 0 Å². The van der Waals surface area contributed by atoms with E-state index < -0.39 is 0 Å². The van der Waals surface area contributed by atoms with Crippen LogP contribution in [0.15, 0.2) is 94.9 Å². The fraction of sp³-hybridized carbons (Fsp3) is 0.0714. The quantitative estimate of drug-likeness (QED) is 0.242. The van der Waals surface area contributed by atoms with Crippen molar-refractivity contribution in [3.8, 4) is 11.1 Å². The topological polar surface area (TPSA) is 111 Å². The lowest BCUT2D eigenvalue weighted by Crippen LogP contribution is -2.01. The maximum Gasteiger partial charge on any atom is 0.269 e. The molecule has 4 aromatic rings. The van der Waals surface area contributed by atoms with Crippen molar-refractivity contribution in [3.05, 3.63) is 127 Å². The van der Waals surface area contributed by atoms with E-state index >= 15 is 0 Å². The molecule has 2 aliphatic rings. The summed E-state index contributed by atoms with van der Waals surface area (Å²) >= 11 is 0. The number of hydrogen-bond acceptors (Lipinski definition) is 6. The molecule has 4 aromatic carbocycles. The van der Waals surface area contributed by atoms with Crippen LogP contribution in [0.2, 0.25) is 0 Å². The molecule has 0 fully saturated rings. The lowest BCUT2D eigenvalue weighted by Gasteiger charge is -2.06. The van der Waals surface area contributed by atoms with Gasteiger partial charge in [0.05, 0.1) is 32.6 Å². The van der Waals surface area contributed by atoms with E-state index in [9.17, 15) is 20.2 Å². The second kappa shape index (κ2) is 8.35. The molecule has 0 aliphatic carbocycles. The zero-order chi connectivity index (χ0) is 24.8. The Labute approximate surface area is 205 Å². The third-order valence-corrected chi connectivity index (χ3v) is 6.54. The number of hydrogen-bond donors (Lipinski definition) is 0. The first kappa shape index (κ1) is 21.5. The van der Waals surface area contributed by atoms with Crippen LogP contribution in [0.25, 0.3) is 11.1 Å². The molecule has 0 bridgehead atoms. The lowest BCUT2D eigenvalue weighted by molar-refractivity contribution is -0.385. The molecule has 6 rings (SSSR count). The average Bonchev–Trinajstić information content (AvgIpc) is 3.52. The van der Waals surface area contributed by atoms with E-state index in [2.05, 4.69) is 9.98 Å². The number of nitro benzene ring substituents is 2. The van der Waals surface area contributed by atoms with Gasteiger partial charge in [0.25, 0.3) is 11.4 Å². The SMILES string of the molecule is O=[N+]([O-])c1ccc2c(c1)CC(c1ccc(-c3ccc(C4=Nc5ccc([N+](=O)[O-])cc5C4)cc3)cc1)=N2. The van der Waals surface area contributed by atoms with Crippen LogP contribution in [0.4, 0.5) is 22.7 Å². The Morgan fingerprint density at radius 3 is 1.25 bits per heavy atom. The molecule has 174 valence electrons. The molecule has 2 heterocycles. The van der Waals surface area contributed by atoms with Gasteiger partial charge in [0.2, 0.25) is 0 Å². The van der Waals surface area contributed by atoms with Gasteiger partial charge in [-0.3, -0.25) is 30.2 Å². The summed E-state index contributed by atoms with van der Waals surface area (Å²) < 4.78 is 0. The Hall–Kier alpha value is -4.98. The van der Waals surface area contributed by atoms with Crippen LogP contribution in [-0.4, -0.2) is 21.3 Å². The van der Waals surface area contributed by atoms with Crippen molar-refractivity contribution < 1.29 is 9.85 Å². The van der Waals surface area contributed by atoms with Gasteiger partial charge in [-0.25, -0.2) is 0 Å². The van der Waals surface area contributed by atoms with E-state index in [1.807, 2.05) is 48.5 Å². The molecule has 0 spiro atoms. The van der Waals surface area contributed by atoms with Crippen LogP contribution in [0.5, 0.6) is 0 Å². The summed E-state index contributed by atoms with van der Waals surface area (Å²) in [6.07, 6.45) is 1.14. The summed E-state index contributed by atoms with van der Waals surface area (Å²) in [4.78, 5) is 30.6. The Balaban J connectivity index is 1.17. The molecule has 0 atom stereocenters. The van der Waals surface area contributed by atoms with Crippen molar-refractivity contribution in [2.24, 2.45) is 9.98 Å². The van der Waals surface area contributed by atoms with E-state index in [1.165, 1.54) is 12.1 Å². The highest BCUT2D eigenvalue weighted by Crippen LogP contribution is 2.34. The minimum Gasteiger partial charge on any atom is -0.258 e. The first-order valence-electron chi connectivity index (χ1n) is 11.4. The summed E-state index contributed by atoms with van der Waals surface area (Å²) in [5.74, 6) is 0. The van der Waals surface area contributed by atoms with Crippen LogP contribution in [0, 0.1) is 20.2 Å². The monoisotopic (exact) mass is 474 g/mol. The van der Waals surface area contributed by atoms with E-state index in [-0.39, 0.29) is 21.2 Å². The van der Waals surface area contributed by atoms with Crippen LogP contribution < -0.4 is 0 Å². The Morgan fingerprint density at radius 2 is 0.889 bits per heavy atom. The normalized spacial score (nSPS) is 13.6. The average molecular weight is 474 g/mol. The third-order valence-electron chi connectivity index (χ3n) is 6.54. The van der Waals surface area contributed by atoms with Crippen LogP contribution >= 0.6 is 0 Å². The maximum absolute atomic E-state index is 11.0. The van der Waals surface area contributed by atoms with Gasteiger partial charge in [-0.15, -0.1) is 0 Å². The first-order chi connectivity index (χ1) is 17.4. The van der Waals surface area contributed by atoms with Gasteiger partial charge in [-0.2, -0.15) is 0 Å². The third kappa shape index (κ3) is 3.84. The smallest absolute Gasteiger partial charge is 0.258 e. The molecular formula is C28H18N4O4. The fourth-order valence-electron chi connectivity index (χ4n) is 4.65. The predicted molar refractivity (Wildman–Crippen MR) is 138 cm³/mol. The number of aliphatic imine (C=N–C) groups is 2. The van der Waals surface area contributed by atoms with Crippen LogP contribution in [0.1, 0.15) is 22.3 Å². The van der Waals surface area contributed by atoms with Crippen LogP contribution in [-0.2, 0) is 12.8 Å². The Kier molecular flexibility index (Phi) is 5.00. The molecule has 0 amide bonds. The van der Waals surface area contributed by atoms with Gasteiger partial charge >= 0.3 is 0 Å². The summed E-state index contributed by atoms with van der Waals surface area (Å²) in [7, 11) is 0. The summed E-state index contributed by atoms with van der Waals surface area (Å²) in [5, 5.41) is 22.1. The van der Waals surface area contributed by atoms with Gasteiger partial charge in [-0.05, 0) is 45.5 Å². The van der Waals surface area contributed by atoms with Gasteiger partial charge in [-0.1, -0.05) is 48.5 Å². The lowest BCUT2D eigenvalue weighted by atomic mass is 9.98. The largest absolute Gasteiger partial charge is 0.269 e.